The smallest absolute Gasteiger partial charge is 0.291 e. The minimum absolute atomic E-state index is 0.0395. The number of halogens is 2. The second kappa shape index (κ2) is 8.74. The van der Waals surface area contributed by atoms with Crippen molar-refractivity contribution in [1.82, 2.24) is 4.90 Å². The lowest BCUT2D eigenvalue weighted by molar-refractivity contribution is 0.0714. The Kier molecular flexibility index (Phi) is 5.72. The van der Waals surface area contributed by atoms with Gasteiger partial charge in [0.2, 0.25) is 5.76 Å². The summed E-state index contributed by atoms with van der Waals surface area (Å²) >= 11 is 3.31. The van der Waals surface area contributed by atoms with Crippen molar-refractivity contribution in [3.8, 4) is 17.2 Å². The third kappa shape index (κ3) is 3.81. The fourth-order valence-corrected chi connectivity index (χ4v) is 4.80. The van der Waals surface area contributed by atoms with E-state index in [1.165, 1.54) is 24.1 Å². The maximum absolute atomic E-state index is 14.0. The highest BCUT2D eigenvalue weighted by atomic mass is 79.9. The number of aromatic hydroxyl groups is 1. The molecule has 7 nitrogen and oxygen atoms in total. The summed E-state index contributed by atoms with van der Waals surface area (Å²) in [7, 11) is 2.96. The molecule has 5 rings (SSSR count). The molecule has 1 aliphatic rings. The van der Waals surface area contributed by atoms with Crippen LogP contribution in [0.4, 0.5) is 4.39 Å². The van der Waals surface area contributed by atoms with Gasteiger partial charge in [0.05, 0.1) is 35.7 Å². The van der Waals surface area contributed by atoms with Crippen LogP contribution in [0.25, 0.3) is 11.0 Å². The van der Waals surface area contributed by atoms with Crippen molar-refractivity contribution in [3.63, 3.8) is 0 Å². The van der Waals surface area contributed by atoms with Gasteiger partial charge < -0.3 is 23.9 Å². The summed E-state index contributed by atoms with van der Waals surface area (Å²) in [5.41, 5.74) is 1.03. The van der Waals surface area contributed by atoms with E-state index in [1.807, 2.05) is 12.1 Å². The SMILES string of the molecule is COc1ccc(CN2C(=O)c3oc4ccc(F)cc4c(=O)c3C2c2cc(Br)c(O)c(OC)c2)cc1. The molecule has 178 valence electrons. The van der Waals surface area contributed by atoms with E-state index in [1.54, 1.807) is 31.4 Å². The van der Waals surface area contributed by atoms with Crippen LogP contribution in [-0.4, -0.2) is 30.1 Å². The summed E-state index contributed by atoms with van der Waals surface area (Å²) in [6.07, 6.45) is 0. The van der Waals surface area contributed by atoms with Crippen LogP contribution in [0.1, 0.15) is 33.3 Å². The number of phenols is 1. The highest BCUT2D eigenvalue weighted by Gasteiger charge is 2.43. The summed E-state index contributed by atoms with van der Waals surface area (Å²) < 4.78 is 30.6. The molecule has 0 saturated carbocycles. The highest BCUT2D eigenvalue weighted by molar-refractivity contribution is 9.10. The van der Waals surface area contributed by atoms with Crippen LogP contribution < -0.4 is 14.9 Å². The Morgan fingerprint density at radius 1 is 1.06 bits per heavy atom. The van der Waals surface area contributed by atoms with E-state index in [0.29, 0.717) is 15.8 Å². The van der Waals surface area contributed by atoms with Gasteiger partial charge in [-0.3, -0.25) is 9.59 Å². The number of phenolic OH excluding ortho intramolecular Hbond substituents is 1. The molecule has 1 atom stereocenters. The number of benzene rings is 3. The number of fused-ring (bicyclic) bond motifs is 2. The number of carbonyl (C=O) groups is 1. The first-order chi connectivity index (χ1) is 16.8. The van der Waals surface area contributed by atoms with Gasteiger partial charge in [0.15, 0.2) is 16.9 Å². The van der Waals surface area contributed by atoms with Gasteiger partial charge in [0, 0.05) is 6.54 Å². The number of methoxy groups -OCH3 is 2. The summed E-state index contributed by atoms with van der Waals surface area (Å²) in [4.78, 5) is 28.7. The van der Waals surface area contributed by atoms with Gasteiger partial charge in [-0.1, -0.05) is 12.1 Å². The Balaban J connectivity index is 1.73. The van der Waals surface area contributed by atoms with E-state index < -0.39 is 23.2 Å². The van der Waals surface area contributed by atoms with E-state index in [0.717, 1.165) is 11.6 Å². The molecule has 3 aromatic carbocycles. The summed E-state index contributed by atoms with van der Waals surface area (Å²) in [6, 6.07) is 13.1. The maximum atomic E-state index is 14.0. The van der Waals surface area contributed by atoms with Crippen LogP contribution in [0.3, 0.4) is 0 Å². The molecule has 0 saturated heterocycles. The topological polar surface area (TPSA) is 89.2 Å². The third-order valence-corrected chi connectivity index (χ3v) is 6.63. The van der Waals surface area contributed by atoms with Crippen molar-refractivity contribution in [2.45, 2.75) is 12.6 Å². The quantitative estimate of drug-likeness (QED) is 0.376. The van der Waals surface area contributed by atoms with Crippen molar-refractivity contribution >= 4 is 32.8 Å². The standard InChI is InChI=1S/C26H19BrFNO6/c1-33-16-6-3-13(4-7-16)12-29-22(14-9-18(27)24(31)20(10-14)34-2)21-23(30)17-11-15(28)5-8-19(17)35-25(21)26(29)32/h3-11,22,31H,12H2,1-2H3. The van der Waals surface area contributed by atoms with Gasteiger partial charge in [-0.25, -0.2) is 4.39 Å². The van der Waals surface area contributed by atoms with Crippen LogP contribution in [0.2, 0.25) is 0 Å². The normalized spacial score (nSPS) is 14.9. The summed E-state index contributed by atoms with van der Waals surface area (Å²) in [5.74, 6) is -0.456. The molecule has 1 unspecified atom stereocenters. The second-order valence-electron chi connectivity index (χ2n) is 8.05. The fraction of sp³-hybridized carbons (Fsp3) is 0.154. The lowest BCUT2D eigenvalue weighted by atomic mass is 9.97. The van der Waals surface area contributed by atoms with Crippen molar-refractivity contribution in [2.24, 2.45) is 0 Å². The lowest BCUT2D eigenvalue weighted by Gasteiger charge is -2.26. The number of carbonyl (C=O) groups excluding carboxylic acids is 1. The molecule has 0 aliphatic carbocycles. The monoisotopic (exact) mass is 539 g/mol. The largest absolute Gasteiger partial charge is 0.503 e. The van der Waals surface area contributed by atoms with E-state index in [-0.39, 0.29) is 40.3 Å². The zero-order valence-electron chi connectivity index (χ0n) is 18.7. The molecule has 0 bridgehead atoms. The van der Waals surface area contributed by atoms with Crippen molar-refractivity contribution < 1.29 is 28.2 Å². The maximum Gasteiger partial charge on any atom is 0.291 e. The Labute approximate surface area is 207 Å². The molecule has 1 aliphatic heterocycles. The molecule has 4 aromatic rings. The van der Waals surface area contributed by atoms with Gasteiger partial charge >= 0.3 is 0 Å². The predicted molar refractivity (Wildman–Crippen MR) is 130 cm³/mol. The molecule has 1 N–H and O–H groups in total. The zero-order chi connectivity index (χ0) is 24.9. The minimum atomic E-state index is -0.866. The van der Waals surface area contributed by atoms with Crippen LogP contribution in [0.5, 0.6) is 17.2 Å². The molecule has 0 fully saturated rings. The fourth-order valence-electron chi connectivity index (χ4n) is 4.34. The van der Waals surface area contributed by atoms with Gasteiger partial charge in [-0.05, 0) is 69.5 Å². The number of amides is 1. The second-order valence-corrected chi connectivity index (χ2v) is 8.91. The molecule has 1 aromatic heterocycles. The lowest BCUT2D eigenvalue weighted by Crippen LogP contribution is -2.29. The molecule has 0 spiro atoms. The van der Waals surface area contributed by atoms with E-state index in [9.17, 15) is 19.1 Å². The van der Waals surface area contributed by atoms with Crippen LogP contribution in [0, 0.1) is 5.82 Å². The Bertz CT molecular complexity index is 1530. The number of hydrogen-bond acceptors (Lipinski definition) is 6. The van der Waals surface area contributed by atoms with Crippen LogP contribution in [0.15, 0.2) is 68.3 Å². The first kappa shape index (κ1) is 22.9. The third-order valence-electron chi connectivity index (χ3n) is 6.03. The van der Waals surface area contributed by atoms with Crippen molar-refractivity contribution in [1.29, 1.82) is 0 Å². The van der Waals surface area contributed by atoms with E-state index >= 15 is 0 Å². The number of rotatable bonds is 5. The van der Waals surface area contributed by atoms with Crippen LogP contribution >= 0.6 is 15.9 Å². The average molecular weight is 540 g/mol. The predicted octanol–water partition coefficient (Wildman–Crippen LogP) is 5.16. The van der Waals surface area contributed by atoms with Crippen molar-refractivity contribution in [3.05, 3.63) is 97.6 Å². The molecule has 0 radical (unpaired) electrons. The van der Waals surface area contributed by atoms with E-state index in [4.69, 9.17) is 13.9 Å². The minimum Gasteiger partial charge on any atom is -0.503 e. The van der Waals surface area contributed by atoms with E-state index in [2.05, 4.69) is 15.9 Å². The molecule has 2 heterocycles. The first-order valence-corrected chi connectivity index (χ1v) is 11.4. The number of ether oxygens (including phenoxy) is 2. The molecular formula is C26H19BrFNO6. The molecule has 9 heteroatoms. The first-order valence-electron chi connectivity index (χ1n) is 10.6. The number of hydrogen-bond donors (Lipinski definition) is 1. The average Bonchev–Trinajstić information content (AvgIpc) is 3.13. The molecule has 1 amide bonds. The number of nitrogens with zero attached hydrogens (tertiary/aromatic N) is 1. The summed E-state index contributed by atoms with van der Waals surface area (Å²) in [5, 5.41) is 10.3. The van der Waals surface area contributed by atoms with Crippen LogP contribution in [-0.2, 0) is 6.54 Å². The van der Waals surface area contributed by atoms with Gasteiger partial charge in [0.1, 0.15) is 17.1 Å². The Hall–Kier alpha value is -3.85. The van der Waals surface area contributed by atoms with Gasteiger partial charge in [0.25, 0.3) is 5.91 Å². The van der Waals surface area contributed by atoms with Gasteiger partial charge in [-0.2, -0.15) is 0 Å². The van der Waals surface area contributed by atoms with Crippen molar-refractivity contribution in [2.75, 3.05) is 14.2 Å². The zero-order valence-corrected chi connectivity index (χ0v) is 20.3. The Morgan fingerprint density at radius 2 is 1.80 bits per heavy atom. The molecule has 35 heavy (non-hydrogen) atoms. The highest BCUT2D eigenvalue weighted by Crippen LogP contribution is 2.44. The van der Waals surface area contributed by atoms with Gasteiger partial charge in [-0.15, -0.1) is 0 Å². The molecular weight excluding hydrogens is 521 g/mol. The Morgan fingerprint density at radius 3 is 2.49 bits per heavy atom. The summed E-state index contributed by atoms with van der Waals surface area (Å²) in [6.45, 7) is 0.155.